The first-order valence-electron chi connectivity index (χ1n) is 9.71. The molecule has 0 radical (unpaired) electrons. The largest absolute Gasteiger partial charge is 0.381 e. The van der Waals surface area contributed by atoms with E-state index in [0.29, 0.717) is 30.3 Å². The number of aryl methyl sites for hydroxylation is 1. The molecule has 0 spiro atoms. The second-order valence-electron chi connectivity index (χ2n) is 7.56. The Kier molecular flexibility index (Phi) is 5.43. The van der Waals surface area contributed by atoms with Gasteiger partial charge in [-0.2, -0.15) is 0 Å². The maximum absolute atomic E-state index is 13.1. The number of hydrogen-bond acceptors (Lipinski definition) is 3. The van der Waals surface area contributed by atoms with Crippen LogP contribution in [0.15, 0.2) is 59.4 Å². The summed E-state index contributed by atoms with van der Waals surface area (Å²) in [5.41, 5.74) is 1.79. The van der Waals surface area contributed by atoms with Gasteiger partial charge in [-0.3, -0.25) is 9.59 Å². The minimum Gasteiger partial charge on any atom is -0.381 e. The lowest BCUT2D eigenvalue weighted by molar-refractivity contribution is 0.0487. The number of ether oxygens (including phenoxy) is 1. The first-order chi connectivity index (χ1) is 14.0. The molecule has 0 saturated carbocycles. The Labute approximate surface area is 174 Å². The van der Waals surface area contributed by atoms with Gasteiger partial charge in [-0.15, -0.1) is 0 Å². The van der Waals surface area contributed by atoms with Crippen molar-refractivity contribution in [3.8, 4) is 0 Å². The molecule has 2 heterocycles. The Balaban J connectivity index is 1.65. The average molecular weight is 411 g/mol. The number of para-hydroxylation sites is 1. The fraction of sp³-hybridized carbons (Fsp3) is 0.304. The van der Waals surface area contributed by atoms with Crippen LogP contribution in [0.3, 0.4) is 0 Å². The predicted molar refractivity (Wildman–Crippen MR) is 115 cm³/mol. The van der Waals surface area contributed by atoms with Gasteiger partial charge in [0.1, 0.15) is 0 Å². The first kappa shape index (κ1) is 19.7. The fourth-order valence-corrected chi connectivity index (χ4v) is 4.28. The van der Waals surface area contributed by atoms with Gasteiger partial charge in [0.05, 0.1) is 11.1 Å². The number of nitrogens with one attached hydrogen (secondary N) is 1. The van der Waals surface area contributed by atoms with Crippen LogP contribution in [0.5, 0.6) is 0 Å². The Morgan fingerprint density at radius 2 is 1.90 bits per heavy atom. The molecule has 0 unspecified atom stereocenters. The van der Waals surface area contributed by atoms with E-state index in [4.69, 9.17) is 16.3 Å². The van der Waals surface area contributed by atoms with Gasteiger partial charge >= 0.3 is 0 Å². The molecular weight excluding hydrogens is 388 g/mol. The number of carbonyl (C=O) groups is 1. The van der Waals surface area contributed by atoms with Gasteiger partial charge in [0, 0.05) is 48.7 Å². The fourth-order valence-electron chi connectivity index (χ4n) is 4.09. The molecule has 3 aromatic rings. The lowest BCUT2D eigenvalue weighted by atomic mass is 9.74. The highest BCUT2D eigenvalue weighted by Crippen LogP contribution is 2.35. The van der Waals surface area contributed by atoms with Crippen LogP contribution >= 0.6 is 11.6 Å². The third-order valence-corrected chi connectivity index (χ3v) is 6.11. The van der Waals surface area contributed by atoms with Gasteiger partial charge in [-0.1, -0.05) is 41.9 Å². The molecule has 2 aromatic carbocycles. The van der Waals surface area contributed by atoms with Crippen molar-refractivity contribution in [1.29, 1.82) is 0 Å². The van der Waals surface area contributed by atoms with E-state index in [1.807, 2.05) is 42.5 Å². The van der Waals surface area contributed by atoms with Crippen molar-refractivity contribution in [2.24, 2.45) is 7.05 Å². The number of aromatic nitrogens is 1. The van der Waals surface area contributed by atoms with E-state index < -0.39 is 0 Å². The first-order valence-corrected chi connectivity index (χ1v) is 10.1. The molecule has 150 valence electrons. The summed E-state index contributed by atoms with van der Waals surface area (Å²) in [6.45, 7) is 1.73. The van der Waals surface area contributed by atoms with Crippen molar-refractivity contribution >= 4 is 28.4 Å². The third-order valence-electron chi connectivity index (χ3n) is 5.87. The normalized spacial score (nSPS) is 15.9. The molecule has 1 aromatic heterocycles. The molecule has 1 N–H and O–H groups in total. The summed E-state index contributed by atoms with van der Waals surface area (Å²) in [6.07, 6.45) is 1.59. The quantitative estimate of drug-likeness (QED) is 0.713. The van der Waals surface area contributed by atoms with E-state index in [2.05, 4.69) is 11.4 Å². The molecule has 1 saturated heterocycles. The van der Waals surface area contributed by atoms with Crippen molar-refractivity contribution in [2.45, 2.75) is 18.3 Å². The molecule has 1 amide bonds. The van der Waals surface area contributed by atoms with E-state index in [-0.39, 0.29) is 16.9 Å². The Bertz CT molecular complexity index is 1120. The molecule has 0 atom stereocenters. The molecule has 1 aliphatic heterocycles. The zero-order chi connectivity index (χ0) is 20.4. The lowest BCUT2D eigenvalue weighted by Crippen LogP contribution is -2.44. The van der Waals surface area contributed by atoms with Crippen LogP contribution < -0.4 is 10.9 Å². The summed E-state index contributed by atoms with van der Waals surface area (Å²) in [4.78, 5) is 25.4. The Morgan fingerprint density at radius 1 is 1.14 bits per heavy atom. The van der Waals surface area contributed by atoms with Crippen molar-refractivity contribution in [2.75, 3.05) is 19.8 Å². The van der Waals surface area contributed by atoms with Gasteiger partial charge in [0.25, 0.3) is 11.5 Å². The van der Waals surface area contributed by atoms with Gasteiger partial charge in [0.2, 0.25) is 0 Å². The monoisotopic (exact) mass is 410 g/mol. The van der Waals surface area contributed by atoms with Crippen LogP contribution in [-0.2, 0) is 17.2 Å². The van der Waals surface area contributed by atoms with E-state index in [1.165, 1.54) is 6.07 Å². The second kappa shape index (κ2) is 8.01. The second-order valence-corrected chi connectivity index (χ2v) is 7.99. The summed E-state index contributed by atoms with van der Waals surface area (Å²) in [5.74, 6) is -0.244. The summed E-state index contributed by atoms with van der Waals surface area (Å²) in [5, 5.41) is 4.52. The number of benzene rings is 2. The standard InChI is InChI=1S/C23H23ClN2O3/c1-26-20-8-3-2-7-18(20)19(14-21(26)27)22(28)25-15-23(9-11-29-12-10-23)16-5-4-6-17(24)13-16/h2-8,13-14H,9-12,15H2,1H3,(H,25,28). The van der Waals surface area contributed by atoms with Crippen molar-refractivity contribution in [1.82, 2.24) is 9.88 Å². The van der Waals surface area contributed by atoms with E-state index >= 15 is 0 Å². The molecule has 0 bridgehead atoms. The molecular formula is C23H23ClN2O3. The van der Waals surface area contributed by atoms with Gasteiger partial charge in [-0.25, -0.2) is 0 Å². The van der Waals surface area contributed by atoms with Crippen LogP contribution in [0.2, 0.25) is 5.02 Å². The number of nitrogens with zero attached hydrogens (tertiary/aromatic N) is 1. The number of carbonyl (C=O) groups excluding carboxylic acids is 1. The smallest absolute Gasteiger partial charge is 0.252 e. The molecule has 5 nitrogen and oxygen atoms in total. The van der Waals surface area contributed by atoms with Crippen molar-refractivity contribution in [3.05, 3.63) is 81.1 Å². The summed E-state index contributed by atoms with van der Waals surface area (Å²) in [7, 11) is 1.71. The zero-order valence-electron chi connectivity index (χ0n) is 16.3. The topological polar surface area (TPSA) is 60.3 Å². The van der Waals surface area contributed by atoms with E-state index in [0.717, 1.165) is 29.3 Å². The van der Waals surface area contributed by atoms with Crippen LogP contribution in [0.1, 0.15) is 28.8 Å². The van der Waals surface area contributed by atoms with Crippen molar-refractivity contribution < 1.29 is 9.53 Å². The molecule has 1 fully saturated rings. The Hall–Kier alpha value is -2.63. The molecule has 29 heavy (non-hydrogen) atoms. The summed E-state index contributed by atoms with van der Waals surface area (Å²) >= 11 is 6.23. The number of pyridine rings is 1. The third kappa shape index (κ3) is 3.80. The van der Waals surface area contributed by atoms with E-state index in [1.54, 1.807) is 11.6 Å². The van der Waals surface area contributed by atoms with Gasteiger partial charge in [0.15, 0.2) is 0 Å². The van der Waals surface area contributed by atoms with Gasteiger partial charge < -0.3 is 14.6 Å². The molecule has 4 rings (SSSR count). The number of rotatable bonds is 4. The molecule has 6 heteroatoms. The highest BCUT2D eigenvalue weighted by Gasteiger charge is 2.35. The summed E-state index contributed by atoms with van der Waals surface area (Å²) in [6, 6.07) is 16.7. The maximum Gasteiger partial charge on any atom is 0.252 e. The zero-order valence-corrected chi connectivity index (χ0v) is 17.0. The minimum atomic E-state index is -0.244. The number of hydrogen-bond donors (Lipinski definition) is 1. The van der Waals surface area contributed by atoms with Crippen molar-refractivity contribution in [3.63, 3.8) is 0 Å². The maximum atomic E-state index is 13.1. The van der Waals surface area contributed by atoms with Crippen LogP contribution in [0.25, 0.3) is 10.9 Å². The molecule has 0 aliphatic carbocycles. The van der Waals surface area contributed by atoms with Gasteiger partial charge in [-0.05, 0) is 36.6 Å². The number of amides is 1. The number of halogens is 1. The van der Waals surface area contributed by atoms with Crippen LogP contribution in [0, 0.1) is 0 Å². The summed E-state index contributed by atoms with van der Waals surface area (Å²) < 4.78 is 7.12. The highest BCUT2D eigenvalue weighted by atomic mass is 35.5. The molecule has 1 aliphatic rings. The minimum absolute atomic E-state index is 0.204. The predicted octanol–water partition coefficient (Wildman–Crippen LogP) is 3.67. The Morgan fingerprint density at radius 3 is 2.66 bits per heavy atom. The average Bonchev–Trinajstić information content (AvgIpc) is 2.75. The van der Waals surface area contributed by atoms with Crippen LogP contribution in [-0.4, -0.2) is 30.2 Å². The van der Waals surface area contributed by atoms with Crippen LogP contribution in [0.4, 0.5) is 0 Å². The van der Waals surface area contributed by atoms with E-state index in [9.17, 15) is 9.59 Å². The number of fused-ring (bicyclic) bond motifs is 1. The SMILES string of the molecule is Cn1c(=O)cc(C(=O)NCC2(c3cccc(Cl)c3)CCOCC2)c2ccccc21. The highest BCUT2D eigenvalue weighted by molar-refractivity contribution is 6.30. The lowest BCUT2D eigenvalue weighted by Gasteiger charge is -2.38.